The molecule has 1 atom stereocenters. The maximum absolute atomic E-state index is 13.0. The van der Waals surface area contributed by atoms with Crippen LogP contribution in [0.2, 0.25) is 5.02 Å². The van der Waals surface area contributed by atoms with Crippen LogP contribution in [-0.4, -0.2) is 45.6 Å². The lowest BCUT2D eigenvalue weighted by Gasteiger charge is -2.31. The molecular formula is C17H18ClN5O2S. The van der Waals surface area contributed by atoms with E-state index in [1.165, 1.54) is 4.31 Å². The number of nitrogens with zero attached hydrogens (tertiary/aromatic N) is 5. The van der Waals surface area contributed by atoms with Gasteiger partial charge in [0.05, 0.1) is 10.6 Å². The first kappa shape index (κ1) is 17.4. The third kappa shape index (κ3) is 2.98. The van der Waals surface area contributed by atoms with E-state index >= 15 is 0 Å². The molecular weight excluding hydrogens is 374 g/mol. The molecule has 1 saturated heterocycles. The van der Waals surface area contributed by atoms with E-state index in [9.17, 15) is 8.42 Å². The number of hydrogen-bond donors (Lipinski definition) is 0. The number of halogens is 1. The predicted molar refractivity (Wildman–Crippen MR) is 98.5 cm³/mol. The highest BCUT2D eigenvalue weighted by molar-refractivity contribution is 7.89. The fourth-order valence-corrected chi connectivity index (χ4v) is 5.07. The highest BCUT2D eigenvalue weighted by atomic mass is 35.5. The minimum absolute atomic E-state index is 0.00812. The topological polar surface area (TPSA) is 81.0 Å². The van der Waals surface area contributed by atoms with Crippen molar-refractivity contribution in [1.82, 2.24) is 24.1 Å². The van der Waals surface area contributed by atoms with Crippen LogP contribution in [0.15, 0.2) is 41.6 Å². The molecule has 0 spiro atoms. The number of piperidine rings is 1. The van der Waals surface area contributed by atoms with Gasteiger partial charge < -0.3 is 0 Å². The second kappa shape index (κ2) is 6.61. The van der Waals surface area contributed by atoms with Gasteiger partial charge in [-0.3, -0.25) is 0 Å². The summed E-state index contributed by atoms with van der Waals surface area (Å²) in [5.74, 6) is -0.00812. The van der Waals surface area contributed by atoms with Gasteiger partial charge in [-0.2, -0.15) is 9.40 Å². The molecule has 0 amide bonds. The molecule has 0 aliphatic carbocycles. The average molecular weight is 392 g/mol. The zero-order chi connectivity index (χ0) is 18.3. The van der Waals surface area contributed by atoms with Crippen molar-refractivity contribution in [2.24, 2.45) is 7.05 Å². The first-order chi connectivity index (χ1) is 12.5. The van der Waals surface area contributed by atoms with E-state index in [1.807, 2.05) is 7.05 Å². The first-order valence-corrected chi connectivity index (χ1v) is 10.2. The molecule has 0 N–H and O–H groups in total. The molecule has 1 aliphatic rings. The molecule has 0 saturated carbocycles. The summed E-state index contributed by atoms with van der Waals surface area (Å²) in [7, 11) is -1.74. The van der Waals surface area contributed by atoms with E-state index in [0.717, 1.165) is 24.1 Å². The summed E-state index contributed by atoms with van der Waals surface area (Å²) < 4.78 is 29.2. The van der Waals surface area contributed by atoms with Gasteiger partial charge in [-0.05, 0) is 37.1 Å². The lowest BCUT2D eigenvalue weighted by molar-refractivity contribution is 0.312. The number of sulfonamides is 1. The van der Waals surface area contributed by atoms with Crippen molar-refractivity contribution in [1.29, 1.82) is 0 Å². The summed E-state index contributed by atoms with van der Waals surface area (Å²) in [5.41, 5.74) is 2.26. The van der Waals surface area contributed by atoms with E-state index in [2.05, 4.69) is 15.1 Å². The van der Waals surface area contributed by atoms with Crippen LogP contribution in [-0.2, 0) is 17.1 Å². The van der Waals surface area contributed by atoms with E-state index < -0.39 is 10.0 Å². The zero-order valence-corrected chi connectivity index (χ0v) is 15.8. The lowest BCUT2D eigenvalue weighted by atomic mass is 9.96. The van der Waals surface area contributed by atoms with Gasteiger partial charge in [-0.15, -0.1) is 0 Å². The van der Waals surface area contributed by atoms with Gasteiger partial charge in [0.2, 0.25) is 10.0 Å². The summed E-state index contributed by atoms with van der Waals surface area (Å²) >= 11 is 5.88. The third-order valence-electron chi connectivity index (χ3n) is 4.71. The number of benzene rings is 1. The third-order valence-corrected chi connectivity index (χ3v) is 6.84. The van der Waals surface area contributed by atoms with Gasteiger partial charge in [-0.1, -0.05) is 11.6 Å². The Hall–Kier alpha value is -2.03. The van der Waals surface area contributed by atoms with Crippen molar-refractivity contribution in [3.63, 3.8) is 0 Å². The van der Waals surface area contributed by atoms with Crippen molar-refractivity contribution < 1.29 is 8.42 Å². The summed E-state index contributed by atoms with van der Waals surface area (Å²) in [4.78, 5) is 8.97. The number of aromatic nitrogens is 4. The van der Waals surface area contributed by atoms with E-state index in [-0.39, 0.29) is 10.8 Å². The Kier molecular flexibility index (Phi) is 4.42. The second-order valence-corrected chi connectivity index (χ2v) is 8.77. The Morgan fingerprint density at radius 2 is 1.88 bits per heavy atom. The van der Waals surface area contributed by atoms with E-state index in [4.69, 9.17) is 11.6 Å². The van der Waals surface area contributed by atoms with Gasteiger partial charge in [0.1, 0.15) is 5.52 Å². The van der Waals surface area contributed by atoms with Crippen molar-refractivity contribution in [3.8, 4) is 0 Å². The van der Waals surface area contributed by atoms with Crippen molar-refractivity contribution in [2.45, 2.75) is 23.7 Å². The van der Waals surface area contributed by atoms with Crippen LogP contribution in [0.25, 0.3) is 11.2 Å². The SMILES string of the molecule is Cn1nc(C2CCCN(S(=O)(=O)c3ccc(Cl)cc3)C2)c2nccnc21. The Balaban J connectivity index is 1.66. The van der Waals surface area contributed by atoms with Crippen LogP contribution in [0.1, 0.15) is 24.5 Å². The van der Waals surface area contributed by atoms with Crippen LogP contribution in [0, 0.1) is 0 Å². The molecule has 9 heteroatoms. The first-order valence-electron chi connectivity index (χ1n) is 8.36. The Morgan fingerprint density at radius 1 is 1.15 bits per heavy atom. The number of hydrogen-bond acceptors (Lipinski definition) is 5. The molecule has 2 aromatic heterocycles. The predicted octanol–water partition coefficient (Wildman–Crippen LogP) is 2.59. The van der Waals surface area contributed by atoms with Crippen LogP contribution in [0.3, 0.4) is 0 Å². The fourth-order valence-electron chi connectivity index (χ4n) is 3.42. The van der Waals surface area contributed by atoms with Crippen LogP contribution >= 0.6 is 11.6 Å². The Bertz CT molecular complexity index is 1050. The molecule has 1 fully saturated rings. The summed E-state index contributed by atoms with van der Waals surface area (Å²) in [6.45, 7) is 0.881. The molecule has 1 aliphatic heterocycles. The highest BCUT2D eigenvalue weighted by Crippen LogP contribution is 2.32. The maximum Gasteiger partial charge on any atom is 0.243 e. The van der Waals surface area contributed by atoms with Crippen molar-refractivity contribution in [2.75, 3.05) is 13.1 Å². The van der Waals surface area contributed by atoms with Crippen molar-refractivity contribution >= 4 is 32.8 Å². The van der Waals surface area contributed by atoms with E-state index in [1.54, 1.807) is 41.3 Å². The number of aryl methyl sites for hydroxylation is 1. The zero-order valence-electron chi connectivity index (χ0n) is 14.2. The molecule has 1 aromatic carbocycles. The van der Waals surface area contributed by atoms with Gasteiger partial charge in [0.25, 0.3) is 0 Å². The smallest absolute Gasteiger partial charge is 0.243 e. The quantitative estimate of drug-likeness (QED) is 0.685. The van der Waals surface area contributed by atoms with Gasteiger partial charge in [0.15, 0.2) is 5.65 Å². The minimum atomic E-state index is -3.56. The fraction of sp³-hybridized carbons (Fsp3) is 0.353. The highest BCUT2D eigenvalue weighted by Gasteiger charge is 2.33. The van der Waals surface area contributed by atoms with Gasteiger partial charge in [-0.25, -0.2) is 23.1 Å². The Morgan fingerprint density at radius 3 is 2.65 bits per heavy atom. The number of rotatable bonds is 3. The standard InChI is InChI=1S/C17H18ClN5O2S/c1-22-17-16(19-8-9-20-17)15(21-22)12-3-2-10-23(11-12)26(24,25)14-6-4-13(18)5-7-14/h4-9,12H,2-3,10-11H2,1H3. The molecule has 4 rings (SSSR count). The maximum atomic E-state index is 13.0. The molecule has 3 heterocycles. The van der Waals surface area contributed by atoms with Gasteiger partial charge >= 0.3 is 0 Å². The largest absolute Gasteiger partial charge is 0.249 e. The summed E-state index contributed by atoms with van der Waals surface area (Å²) in [6, 6.07) is 6.28. The van der Waals surface area contributed by atoms with Gasteiger partial charge in [0, 0.05) is 43.5 Å². The van der Waals surface area contributed by atoms with Crippen LogP contribution in [0.5, 0.6) is 0 Å². The lowest BCUT2D eigenvalue weighted by Crippen LogP contribution is -2.39. The van der Waals surface area contributed by atoms with Crippen LogP contribution in [0.4, 0.5) is 0 Å². The van der Waals surface area contributed by atoms with Crippen LogP contribution < -0.4 is 0 Å². The average Bonchev–Trinajstić information content (AvgIpc) is 2.99. The second-order valence-electron chi connectivity index (χ2n) is 6.39. The summed E-state index contributed by atoms with van der Waals surface area (Å²) in [6.07, 6.45) is 4.91. The molecule has 0 bridgehead atoms. The molecule has 0 radical (unpaired) electrons. The molecule has 26 heavy (non-hydrogen) atoms. The summed E-state index contributed by atoms with van der Waals surface area (Å²) in [5, 5.41) is 5.08. The molecule has 1 unspecified atom stereocenters. The monoisotopic (exact) mass is 391 g/mol. The minimum Gasteiger partial charge on any atom is -0.249 e. The molecule has 136 valence electrons. The Labute approximate surface area is 156 Å². The van der Waals surface area contributed by atoms with Crippen molar-refractivity contribution in [3.05, 3.63) is 47.4 Å². The van der Waals surface area contributed by atoms with E-state index in [0.29, 0.717) is 23.8 Å². The molecule has 3 aromatic rings. The number of fused-ring (bicyclic) bond motifs is 1. The normalized spacial score (nSPS) is 19.1. The molecule has 7 nitrogen and oxygen atoms in total.